The summed E-state index contributed by atoms with van der Waals surface area (Å²) in [6.45, 7) is 7.06. The van der Waals surface area contributed by atoms with Crippen LogP contribution < -0.4 is 14.8 Å². The number of hydrogen-bond donors (Lipinski definition) is 1. The van der Waals surface area contributed by atoms with Crippen LogP contribution in [0, 0.1) is 19.8 Å². The van der Waals surface area contributed by atoms with Crippen molar-refractivity contribution in [2.24, 2.45) is 10.9 Å². The van der Waals surface area contributed by atoms with Gasteiger partial charge in [0.1, 0.15) is 6.61 Å². The predicted octanol–water partition coefficient (Wildman–Crippen LogP) is 9.51. The van der Waals surface area contributed by atoms with Crippen LogP contribution >= 0.6 is 11.6 Å². The molecule has 0 radical (unpaired) electrons. The summed E-state index contributed by atoms with van der Waals surface area (Å²) in [4.78, 5) is 4.74. The second-order valence-corrected chi connectivity index (χ2v) is 11.4. The summed E-state index contributed by atoms with van der Waals surface area (Å²) in [7, 11) is 0. The zero-order chi connectivity index (χ0) is 28.3. The standard InChI is InChI=1S/C36H35ClN2O2/c1-4-40-34-20-25(19-32(37)36(34)41-22-26-17-23(2)16-24(3)18-26)21-38-28-14-12-27(13-15-28)35-31-10-7-9-29(31)30-8-5-6-11-33(30)39-35/h5-9,11-21,29,31,35,39H,4,10,22H2,1-3H3/t29-,31+,35+/m1/s1. The van der Waals surface area contributed by atoms with Crippen LogP contribution in [0.4, 0.5) is 11.4 Å². The third-order valence-corrected chi connectivity index (χ3v) is 8.16. The summed E-state index contributed by atoms with van der Waals surface area (Å²) < 4.78 is 12.1. The highest BCUT2D eigenvalue weighted by molar-refractivity contribution is 6.32. The molecule has 1 aliphatic heterocycles. The Morgan fingerprint density at radius 3 is 2.51 bits per heavy atom. The number of halogens is 1. The number of anilines is 1. The molecule has 0 saturated heterocycles. The first kappa shape index (κ1) is 27.2. The summed E-state index contributed by atoms with van der Waals surface area (Å²) in [5.41, 5.74) is 9.17. The van der Waals surface area contributed by atoms with Gasteiger partial charge in [-0.25, -0.2) is 0 Å². The Morgan fingerprint density at radius 1 is 0.951 bits per heavy atom. The molecular weight excluding hydrogens is 528 g/mol. The van der Waals surface area contributed by atoms with Gasteiger partial charge in [0, 0.05) is 17.8 Å². The van der Waals surface area contributed by atoms with Gasteiger partial charge in [0.05, 0.1) is 23.4 Å². The maximum Gasteiger partial charge on any atom is 0.180 e. The van der Waals surface area contributed by atoms with E-state index in [1.54, 1.807) is 0 Å². The smallest absolute Gasteiger partial charge is 0.180 e. The predicted molar refractivity (Wildman–Crippen MR) is 169 cm³/mol. The second kappa shape index (κ2) is 11.8. The first-order chi connectivity index (χ1) is 20.0. The van der Waals surface area contributed by atoms with Crippen molar-refractivity contribution in [1.29, 1.82) is 0 Å². The molecule has 1 aliphatic carbocycles. The van der Waals surface area contributed by atoms with Gasteiger partial charge in [-0.2, -0.15) is 0 Å². The van der Waals surface area contributed by atoms with Crippen molar-refractivity contribution in [3.05, 3.63) is 129 Å². The molecule has 6 rings (SSSR count). The fourth-order valence-electron chi connectivity index (χ4n) is 6.16. The van der Waals surface area contributed by atoms with Gasteiger partial charge in [-0.15, -0.1) is 0 Å². The lowest BCUT2D eigenvalue weighted by Gasteiger charge is -2.37. The number of allylic oxidation sites excluding steroid dienone is 2. The van der Waals surface area contributed by atoms with Gasteiger partial charge in [0.15, 0.2) is 11.5 Å². The summed E-state index contributed by atoms with van der Waals surface area (Å²) in [5, 5.41) is 4.30. The molecule has 0 amide bonds. The van der Waals surface area contributed by atoms with E-state index < -0.39 is 0 Å². The van der Waals surface area contributed by atoms with Crippen LogP contribution in [-0.4, -0.2) is 12.8 Å². The van der Waals surface area contributed by atoms with Crippen LogP contribution in [0.1, 0.15) is 58.7 Å². The Kier molecular flexibility index (Phi) is 7.84. The van der Waals surface area contributed by atoms with Gasteiger partial charge >= 0.3 is 0 Å². The number of nitrogens with one attached hydrogen (secondary N) is 1. The molecule has 0 fully saturated rings. The molecule has 0 unspecified atom stereocenters. The Morgan fingerprint density at radius 2 is 1.73 bits per heavy atom. The Balaban J connectivity index is 1.18. The Labute approximate surface area is 247 Å². The number of fused-ring (bicyclic) bond motifs is 3. The monoisotopic (exact) mass is 562 g/mol. The van der Waals surface area contributed by atoms with Gasteiger partial charge < -0.3 is 14.8 Å². The van der Waals surface area contributed by atoms with Crippen LogP contribution in [-0.2, 0) is 6.61 Å². The first-order valence-electron chi connectivity index (χ1n) is 14.3. The SMILES string of the molecule is CCOc1cc(C=Nc2ccc([C@@H]3Nc4ccccc4[C@H]4C=CC[C@@H]43)cc2)cc(Cl)c1OCc1cc(C)cc(C)c1. The second-order valence-electron chi connectivity index (χ2n) is 11.0. The van der Waals surface area contributed by atoms with Crippen LogP contribution in [0.3, 0.4) is 0 Å². The van der Waals surface area contributed by atoms with Crippen molar-refractivity contribution >= 4 is 29.2 Å². The quantitative estimate of drug-likeness (QED) is 0.172. The lowest BCUT2D eigenvalue weighted by atomic mass is 9.77. The molecule has 4 aromatic carbocycles. The fourth-order valence-corrected chi connectivity index (χ4v) is 6.44. The van der Waals surface area contributed by atoms with E-state index in [0.29, 0.717) is 41.6 Å². The van der Waals surface area contributed by atoms with Crippen LogP contribution in [0.25, 0.3) is 0 Å². The topological polar surface area (TPSA) is 42.8 Å². The molecule has 41 heavy (non-hydrogen) atoms. The Hall–Kier alpha value is -4.02. The van der Waals surface area contributed by atoms with E-state index in [4.69, 9.17) is 26.1 Å². The largest absolute Gasteiger partial charge is 0.490 e. The highest BCUT2D eigenvalue weighted by Gasteiger charge is 2.37. The molecule has 2 aliphatic rings. The van der Waals surface area contributed by atoms with Gasteiger partial charge in [-0.3, -0.25) is 4.99 Å². The van der Waals surface area contributed by atoms with Crippen molar-refractivity contribution in [2.75, 3.05) is 11.9 Å². The van der Waals surface area contributed by atoms with Crippen molar-refractivity contribution in [2.45, 2.75) is 45.8 Å². The van der Waals surface area contributed by atoms with E-state index >= 15 is 0 Å². The molecule has 1 N–H and O–H groups in total. The van der Waals surface area contributed by atoms with E-state index in [2.05, 4.69) is 98.0 Å². The molecule has 5 heteroatoms. The zero-order valence-corrected chi connectivity index (χ0v) is 24.5. The number of ether oxygens (including phenoxy) is 2. The summed E-state index contributed by atoms with van der Waals surface area (Å²) in [6.07, 6.45) is 7.61. The average molecular weight is 563 g/mol. The lowest BCUT2D eigenvalue weighted by molar-refractivity contribution is 0.269. The van der Waals surface area contributed by atoms with Crippen molar-refractivity contribution < 1.29 is 9.47 Å². The minimum atomic E-state index is 0.270. The van der Waals surface area contributed by atoms with E-state index in [-0.39, 0.29) is 6.04 Å². The molecule has 208 valence electrons. The molecule has 0 aromatic heterocycles. The summed E-state index contributed by atoms with van der Waals surface area (Å²) in [5.74, 6) is 2.15. The van der Waals surface area contributed by atoms with Gasteiger partial charge in [0.2, 0.25) is 0 Å². The molecular formula is C36H35ClN2O2. The average Bonchev–Trinajstić information content (AvgIpc) is 3.46. The maximum absolute atomic E-state index is 6.69. The molecule has 0 saturated carbocycles. The fraction of sp³-hybridized carbons (Fsp3) is 0.250. The molecule has 3 atom stereocenters. The number of aryl methyl sites for hydroxylation is 2. The van der Waals surface area contributed by atoms with Gasteiger partial charge in [-0.05, 0) is 85.7 Å². The van der Waals surface area contributed by atoms with Crippen LogP contribution in [0.5, 0.6) is 11.5 Å². The normalized spacial score (nSPS) is 19.1. The lowest BCUT2D eigenvalue weighted by Crippen LogP contribution is -2.28. The number of para-hydroxylation sites is 1. The minimum absolute atomic E-state index is 0.270. The van der Waals surface area contributed by atoms with E-state index in [9.17, 15) is 0 Å². The van der Waals surface area contributed by atoms with Crippen LogP contribution in [0.2, 0.25) is 5.02 Å². The highest BCUT2D eigenvalue weighted by Crippen LogP contribution is 2.49. The number of benzene rings is 4. The third-order valence-electron chi connectivity index (χ3n) is 7.88. The maximum atomic E-state index is 6.69. The zero-order valence-electron chi connectivity index (χ0n) is 23.7. The number of hydrogen-bond acceptors (Lipinski definition) is 4. The van der Waals surface area contributed by atoms with Gasteiger partial charge in [-0.1, -0.05) is 83.4 Å². The Bertz CT molecular complexity index is 1590. The van der Waals surface area contributed by atoms with Crippen molar-refractivity contribution in [3.8, 4) is 11.5 Å². The van der Waals surface area contributed by atoms with E-state index in [1.807, 2.05) is 25.3 Å². The van der Waals surface area contributed by atoms with Crippen LogP contribution in [0.15, 0.2) is 96.0 Å². The summed E-state index contributed by atoms with van der Waals surface area (Å²) in [6, 6.07) is 27.7. The highest BCUT2D eigenvalue weighted by atomic mass is 35.5. The number of nitrogens with zero attached hydrogens (tertiary/aromatic N) is 1. The van der Waals surface area contributed by atoms with E-state index in [0.717, 1.165) is 23.2 Å². The minimum Gasteiger partial charge on any atom is -0.490 e. The first-order valence-corrected chi connectivity index (χ1v) is 14.7. The summed E-state index contributed by atoms with van der Waals surface area (Å²) >= 11 is 6.69. The van der Waals surface area contributed by atoms with Crippen molar-refractivity contribution in [1.82, 2.24) is 0 Å². The van der Waals surface area contributed by atoms with E-state index in [1.165, 1.54) is 27.9 Å². The number of aliphatic imine (C=N–C) groups is 1. The molecule has 4 nitrogen and oxygen atoms in total. The third kappa shape index (κ3) is 5.89. The number of rotatable bonds is 8. The molecule has 0 bridgehead atoms. The van der Waals surface area contributed by atoms with Crippen molar-refractivity contribution in [3.63, 3.8) is 0 Å². The van der Waals surface area contributed by atoms with Gasteiger partial charge in [0.25, 0.3) is 0 Å². The molecule has 1 heterocycles. The molecule has 4 aromatic rings. The molecule has 0 spiro atoms.